The second-order valence-electron chi connectivity index (χ2n) is 7.22. The lowest BCUT2D eigenvalue weighted by Gasteiger charge is -2.39. The van der Waals surface area contributed by atoms with E-state index < -0.39 is 0 Å². The molecule has 0 spiro atoms. The number of hydrogen-bond acceptors (Lipinski definition) is 3. The molecule has 2 rings (SSSR count). The maximum absolute atomic E-state index is 12.6. The lowest BCUT2D eigenvalue weighted by Crippen LogP contribution is -2.43. The molecule has 5 nitrogen and oxygen atoms in total. The Morgan fingerprint density at radius 2 is 2.18 bits per heavy atom. The first-order valence-electron chi connectivity index (χ1n) is 8.35. The van der Waals surface area contributed by atoms with Crippen molar-refractivity contribution in [3.05, 3.63) is 11.8 Å². The normalized spacial score (nSPS) is 24.0. The van der Waals surface area contributed by atoms with Gasteiger partial charge in [0.25, 0.3) is 5.91 Å². The van der Waals surface area contributed by atoms with Crippen molar-refractivity contribution in [2.45, 2.75) is 66.5 Å². The molecule has 0 bridgehead atoms. The average molecular weight is 307 g/mol. The van der Waals surface area contributed by atoms with Gasteiger partial charge in [0.2, 0.25) is 5.88 Å². The van der Waals surface area contributed by atoms with E-state index in [1.54, 1.807) is 10.9 Å². The molecule has 1 heterocycles. The smallest absolute Gasteiger partial charge is 0.258 e. The Hall–Kier alpha value is -1.52. The molecule has 0 aromatic carbocycles. The summed E-state index contributed by atoms with van der Waals surface area (Å²) in [6.45, 7) is 12.0. The van der Waals surface area contributed by atoms with E-state index in [0.717, 1.165) is 19.4 Å². The molecular formula is C17H29N3O2. The van der Waals surface area contributed by atoms with Crippen LogP contribution in [0.25, 0.3) is 0 Å². The van der Waals surface area contributed by atoms with Gasteiger partial charge in [-0.3, -0.25) is 9.48 Å². The number of carbonyl (C=O) groups excluding carboxylic acids is 1. The molecule has 0 radical (unpaired) electrons. The highest BCUT2D eigenvalue weighted by atomic mass is 16.5. The molecule has 1 amide bonds. The Labute approximate surface area is 133 Å². The second-order valence-corrected chi connectivity index (χ2v) is 7.22. The third-order valence-corrected chi connectivity index (χ3v) is 4.30. The minimum Gasteiger partial charge on any atom is -0.476 e. The van der Waals surface area contributed by atoms with Gasteiger partial charge in [-0.1, -0.05) is 20.8 Å². The van der Waals surface area contributed by atoms with E-state index in [1.807, 2.05) is 13.8 Å². The summed E-state index contributed by atoms with van der Waals surface area (Å²) in [4.78, 5) is 12.6. The van der Waals surface area contributed by atoms with Crippen molar-refractivity contribution in [1.29, 1.82) is 0 Å². The number of carbonyl (C=O) groups is 1. The minimum absolute atomic E-state index is 0.0712. The van der Waals surface area contributed by atoms with Gasteiger partial charge in [0.1, 0.15) is 5.56 Å². The zero-order valence-corrected chi connectivity index (χ0v) is 14.5. The summed E-state index contributed by atoms with van der Waals surface area (Å²) < 4.78 is 7.24. The molecule has 1 aliphatic rings. The monoisotopic (exact) mass is 307 g/mol. The SMILES string of the molecule is CCOc1nn(CC)cc1C(=O)NC1CC(C)CC(C)(C)C1. The minimum atomic E-state index is -0.0712. The average Bonchev–Trinajstić information content (AvgIpc) is 2.80. The van der Waals surface area contributed by atoms with Gasteiger partial charge in [-0.25, -0.2) is 0 Å². The van der Waals surface area contributed by atoms with Gasteiger partial charge in [-0.05, 0) is 44.4 Å². The summed E-state index contributed by atoms with van der Waals surface area (Å²) in [5.41, 5.74) is 0.825. The van der Waals surface area contributed by atoms with Crippen LogP contribution in [0.5, 0.6) is 5.88 Å². The van der Waals surface area contributed by atoms with E-state index in [1.165, 1.54) is 6.42 Å². The van der Waals surface area contributed by atoms with Crippen LogP contribution in [0, 0.1) is 11.3 Å². The molecule has 1 fully saturated rings. The Morgan fingerprint density at radius 1 is 1.45 bits per heavy atom. The number of hydrogen-bond donors (Lipinski definition) is 1. The van der Waals surface area contributed by atoms with E-state index in [0.29, 0.717) is 24.0 Å². The van der Waals surface area contributed by atoms with Crippen molar-refractivity contribution in [2.75, 3.05) is 6.61 Å². The molecule has 5 heteroatoms. The van der Waals surface area contributed by atoms with Gasteiger partial charge >= 0.3 is 0 Å². The first-order chi connectivity index (χ1) is 10.3. The largest absolute Gasteiger partial charge is 0.476 e. The zero-order chi connectivity index (χ0) is 16.3. The molecule has 0 saturated heterocycles. The highest BCUT2D eigenvalue weighted by Crippen LogP contribution is 2.38. The molecule has 0 aliphatic heterocycles. The molecule has 1 N–H and O–H groups in total. The van der Waals surface area contributed by atoms with Crippen molar-refractivity contribution in [2.24, 2.45) is 11.3 Å². The lowest BCUT2D eigenvalue weighted by molar-refractivity contribution is 0.0870. The van der Waals surface area contributed by atoms with Crippen LogP contribution < -0.4 is 10.1 Å². The van der Waals surface area contributed by atoms with Gasteiger partial charge in [-0.2, -0.15) is 0 Å². The molecule has 2 atom stereocenters. The van der Waals surface area contributed by atoms with E-state index in [-0.39, 0.29) is 17.4 Å². The number of nitrogens with one attached hydrogen (secondary N) is 1. The van der Waals surface area contributed by atoms with Crippen LogP contribution in [0.2, 0.25) is 0 Å². The predicted octanol–water partition coefficient (Wildman–Crippen LogP) is 3.25. The molecule has 1 aromatic heterocycles. The summed E-state index contributed by atoms with van der Waals surface area (Å²) in [5, 5.41) is 7.49. The molecule has 2 unspecified atom stereocenters. The van der Waals surface area contributed by atoms with Crippen LogP contribution in [0.3, 0.4) is 0 Å². The van der Waals surface area contributed by atoms with Crippen LogP contribution in [0.15, 0.2) is 6.20 Å². The Bertz CT molecular complexity index is 522. The molecule has 1 aliphatic carbocycles. The first-order valence-corrected chi connectivity index (χ1v) is 8.35. The predicted molar refractivity (Wildman–Crippen MR) is 87.1 cm³/mol. The molecule has 1 aromatic rings. The van der Waals surface area contributed by atoms with Crippen molar-refractivity contribution in [1.82, 2.24) is 15.1 Å². The number of aromatic nitrogens is 2. The maximum atomic E-state index is 12.6. The number of rotatable bonds is 5. The second kappa shape index (κ2) is 6.71. The summed E-state index contributed by atoms with van der Waals surface area (Å²) in [7, 11) is 0. The van der Waals surface area contributed by atoms with E-state index >= 15 is 0 Å². The highest BCUT2D eigenvalue weighted by Gasteiger charge is 2.33. The Morgan fingerprint density at radius 3 is 2.77 bits per heavy atom. The van der Waals surface area contributed by atoms with Gasteiger partial charge in [0.05, 0.1) is 6.61 Å². The Kier molecular flexibility index (Phi) is 5.14. The molecule has 124 valence electrons. The standard InChI is InChI=1S/C17H29N3O2/c1-6-20-11-14(16(19-20)22-7-2)15(21)18-13-8-12(3)9-17(4,5)10-13/h11-13H,6-10H2,1-5H3,(H,18,21). The van der Waals surface area contributed by atoms with Crippen LogP contribution in [0.1, 0.15) is 64.2 Å². The van der Waals surface area contributed by atoms with E-state index in [4.69, 9.17) is 4.74 Å². The molecule has 1 saturated carbocycles. The van der Waals surface area contributed by atoms with Crippen molar-refractivity contribution in [3.8, 4) is 5.88 Å². The van der Waals surface area contributed by atoms with E-state index in [9.17, 15) is 4.79 Å². The van der Waals surface area contributed by atoms with Gasteiger partial charge < -0.3 is 10.1 Å². The zero-order valence-electron chi connectivity index (χ0n) is 14.5. The lowest BCUT2D eigenvalue weighted by atomic mass is 9.70. The summed E-state index contributed by atoms with van der Waals surface area (Å²) in [6, 6.07) is 0.228. The number of aryl methyl sites for hydroxylation is 1. The quantitative estimate of drug-likeness (QED) is 0.908. The van der Waals surface area contributed by atoms with Crippen LogP contribution in [0.4, 0.5) is 0 Å². The van der Waals surface area contributed by atoms with E-state index in [2.05, 4.69) is 31.2 Å². The highest BCUT2D eigenvalue weighted by molar-refractivity contribution is 5.96. The van der Waals surface area contributed by atoms with Gasteiger partial charge in [0, 0.05) is 18.8 Å². The van der Waals surface area contributed by atoms with Gasteiger partial charge in [0.15, 0.2) is 0 Å². The Balaban J connectivity index is 2.10. The molecule has 22 heavy (non-hydrogen) atoms. The summed E-state index contributed by atoms with van der Waals surface area (Å²) >= 11 is 0. The fraction of sp³-hybridized carbons (Fsp3) is 0.765. The number of nitrogens with zero attached hydrogens (tertiary/aromatic N) is 2. The third-order valence-electron chi connectivity index (χ3n) is 4.30. The van der Waals surface area contributed by atoms with Crippen molar-refractivity contribution >= 4 is 5.91 Å². The van der Waals surface area contributed by atoms with Gasteiger partial charge in [-0.15, -0.1) is 5.10 Å². The van der Waals surface area contributed by atoms with Crippen LogP contribution in [-0.4, -0.2) is 28.3 Å². The van der Waals surface area contributed by atoms with Crippen molar-refractivity contribution < 1.29 is 9.53 Å². The van der Waals surface area contributed by atoms with Crippen LogP contribution in [-0.2, 0) is 6.54 Å². The number of ether oxygens (including phenoxy) is 1. The van der Waals surface area contributed by atoms with Crippen LogP contribution >= 0.6 is 0 Å². The fourth-order valence-electron chi connectivity index (χ4n) is 3.68. The maximum Gasteiger partial charge on any atom is 0.258 e. The fourth-order valence-corrected chi connectivity index (χ4v) is 3.68. The third kappa shape index (κ3) is 4.02. The first kappa shape index (κ1) is 16.8. The summed E-state index contributed by atoms with van der Waals surface area (Å²) in [6.07, 6.45) is 5.06. The number of amides is 1. The van der Waals surface area contributed by atoms with Crippen molar-refractivity contribution in [3.63, 3.8) is 0 Å². The molecular weight excluding hydrogens is 278 g/mol. The summed E-state index contributed by atoms with van der Waals surface area (Å²) in [5.74, 6) is 1.00. The topological polar surface area (TPSA) is 56.2 Å².